The van der Waals surface area contributed by atoms with E-state index in [1.165, 1.54) is 42.3 Å². The number of hydrogen-bond donors (Lipinski definition) is 4. The number of carboxylic acid groups (broad SMARTS) is 1. The van der Waals surface area contributed by atoms with Crippen molar-refractivity contribution in [3.05, 3.63) is 94.1 Å². The van der Waals surface area contributed by atoms with Gasteiger partial charge in [-0.15, -0.1) is 23.1 Å². The van der Waals surface area contributed by atoms with E-state index in [9.17, 15) is 24.3 Å². The topological polar surface area (TPSA) is 203 Å². The molecule has 2 atom stereocenters. The van der Waals surface area contributed by atoms with Crippen LogP contribution < -0.4 is 16.8 Å². The average Bonchev–Trinajstić information content (AvgIpc) is 3.51. The van der Waals surface area contributed by atoms with Crippen molar-refractivity contribution in [3.63, 3.8) is 0 Å². The van der Waals surface area contributed by atoms with Crippen LogP contribution in [0.25, 0.3) is 0 Å². The fourth-order valence-corrected chi connectivity index (χ4v) is 6.84. The van der Waals surface area contributed by atoms with Gasteiger partial charge in [-0.2, -0.15) is 0 Å². The summed E-state index contributed by atoms with van der Waals surface area (Å²) >= 11 is 2.35. The monoisotopic (exact) mass is 695 g/mol. The Bertz CT molecular complexity index is 1610. The van der Waals surface area contributed by atoms with Crippen molar-refractivity contribution in [1.82, 2.24) is 20.1 Å². The molecule has 0 bridgehead atoms. The van der Waals surface area contributed by atoms with Gasteiger partial charge in [0.05, 0.1) is 0 Å². The van der Waals surface area contributed by atoms with Gasteiger partial charge in [-0.3, -0.25) is 24.2 Å². The minimum atomic E-state index is -1.32. The molecule has 0 saturated carbocycles. The number of fused-ring (bicyclic) bond motifs is 1. The number of nitrogen functional groups attached to an aromatic ring is 1. The Labute approximate surface area is 285 Å². The average molecular weight is 696 g/mol. The minimum Gasteiger partial charge on any atom is -0.477 e. The van der Waals surface area contributed by atoms with Crippen molar-refractivity contribution >= 4 is 57.7 Å². The van der Waals surface area contributed by atoms with Crippen LogP contribution in [-0.4, -0.2) is 93.3 Å². The molecule has 2 unspecified atom stereocenters. The first-order valence-corrected chi connectivity index (χ1v) is 16.7. The number of thioether (sulfide) groups is 1. The van der Waals surface area contributed by atoms with Gasteiger partial charge >= 0.3 is 11.9 Å². The van der Waals surface area contributed by atoms with Gasteiger partial charge in [-0.05, 0) is 11.1 Å². The van der Waals surface area contributed by atoms with E-state index in [1.807, 2.05) is 12.1 Å². The number of esters is 1. The number of nitrogens with one attached hydrogen (secondary N) is 1. The molecule has 5 rings (SSSR count). The number of carbonyl (C=O) groups is 4. The lowest BCUT2D eigenvalue weighted by Crippen LogP contribution is -2.71. The third kappa shape index (κ3) is 9.41. The van der Waals surface area contributed by atoms with E-state index in [1.54, 1.807) is 0 Å². The molecule has 1 saturated heterocycles. The van der Waals surface area contributed by atoms with Crippen molar-refractivity contribution in [2.45, 2.75) is 31.4 Å². The summed E-state index contributed by atoms with van der Waals surface area (Å²) in [5.41, 5.74) is 14.0. The van der Waals surface area contributed by atoms with Gasteiger partial charge in [0.1, 0.15) is 36.5 Å². The molecule has 0 aliphatic carbocycles. The number of carbonyl (C=O) groups excluding carboxylic acids is 3. The minimum absolute atomic E-state index is 0.165. The Hall–Kier alpha value is -4.77. The first-order valence-electron chi connectivity index (χ1n) is 14.8. The van der Waals surface area contributed by atoms with Crippen molar-refractivity contribution in [3.8, 4) is 0 Å². The van der Waals surface area contributed by atoms with Gasteiger partial charge in [-0.25, -0.2) is 9.78 Å². The molecule has 2 amide bonds. The number of benzene rings is 2. The Balaban J connectivity index is 0.000000246. The maximum Gasteiger partial charge on any atom is 0.352 e. The van der Waals surface area contributed by atoms with Crippen LogP contribution in [0.15, 0.2) is 82.5 Å². The Morgan fingerprint density at radius 2 is 1.73 bits per heavy atom. The highest BCUT2D eigenvalue weighted by Gasteiger charge is 2.54. The lowest BCUT2D eigenvalue weighted by Gasteiger charge is -2.49. The van der Waals surface area contributed by atoms with Crippen molar-refractivity contribution in [1.29, 1.82) is 0 Å². The molecule has 254 valence electrons. The summed E-state index contributed by atoms with van der Waals surface area (Å²) in [5.74, 6) is -2.98. The number of thiazole rings is 1. The third-order valence-electron chi connectivity index (χ3n) is 7.09. The number of carboxylic acids is 1. The quantitative estimate of drug-likeness (QED) is 0.0878. The van der Waals surface area contributed by atoms with Crippen LogP contribution in [0.3, 0.4) is 0 Å². The zero-order valence-corrected chi connectivity index (χ0v) is 28.0. The van der Waals surface area contributed by atoms with Crippen LogP contribution in [0.1, 0.15) is 23.7 Å². The number of ether oxygens (including phenoxy) is 1. The van der Waals surface area contributed by atoms with Crippen LogP contribution in [0.4, 0.5) is 5.13 Å². The van der Waals surface area contributed by atoms with E-state index >= 15 is 0 Å². The predicted molar refractivity (Wildman–Crippen MR) is 182 cm³/mol. The number of amides is 2. The van der Waals surface area contributed by atoms with Gasteiger partial charge in [0.15, 0.2) is 10.8 Å². The van der Waals surface area contributed by atoms with Crippen molar-refractivity contribution in [2.24, 2.45) is 10.9 Å². The van der Waals surface area contributed by atoms with Crippen LogP contribution in [-0.2, 0) is 41.8 Å². The molecule has 2 aliphatic heterocycles. The number of hydrogen-bond acceptors (Lipinski definition) is 13. The molecule has 3 aromatic rings. The van der Waals surface area contributed by atoms with E-state index in [0.29, 0.717) is 12.1 Å². The van der Waals surface area contributed by atoms with E-state index in [2.05, 4.69) is 73.7 Å². The summed E-state index contributed by atoms with van der Waals surface area (Å²) in [5, 5.41) is 16.9. The number of oxime groups is 1. The van der Waals surface area contributed by atoms with Gasteiger partial charge in [0, 0.05) is 49.8 Å². The van der Waals surface area contributed by atoms with Crippen LogP contribution in [0.2, 0.25) is 0 Å². The summed E-state index contributed by atoms with van der Waals surface area (Å²) in [6.45, 7) is 4.49. The van der Waals surface area contributed by atoms with Gasteiger partial charge < -0.3 is 31.5 Å². The zero-order chi connectivity index (χ0) is 34.6. The van der Waals surface area contributed by atoms with Crippen molar-refractivity contribution < 1.29 is 33.9 Å². The first kappa shape index (κ1) is 36.1. The number of rotatable bonds is 13. The van der Waals surface area contributed by atoms with Crippen LogP contribution >= 0.6 is 23.1 Å². The smallest absolute Gasteiger partial charge is 0.352 e. The Morgan fingerprint density at radius 3 is 2.23 bits per heavy atom. The summed E-state index contributed by atoms with van der Waals surface area (Å²) in [6, 6.07) is 20.1. The molecule has 16 heteroatoms. The van der Waals surface area contributed by atoms with E-state index < -0.39 is 35.2 Å². The molecule has 3 heterocycles. The zero-order valence-electron chi connectivity index (χ0n) is 26.4. The molecule has 2 aliphatic rings. The van der Waals surface area contributed by atoms with Crippen LogP contribution in [0, 0.1) is 0 Å². The summed E-state index contributed by atoms with van der Waals surface area (Å²) < 4.78 is 4.88. The van der Waals surface area contributed by atoms with Gasteiger partial charge in [0.25, 0.3) is 11.8 Å². The second-order valence-corrected chi connectivity index (χ2v) is 12.6. The first-order chi connectivity index (χ1) is 23.1. The maximum atomic E-state index is 12.7. The standard InChI is InChI=1S/C16H17N5O7S2.C16H20N2/c1-6(22)28-3-7-4-29-14-10(13(24)21(14)11(7)15(25)26)19-12(23)9(20-27-2)8-5-30-16(17)18-8;17-11-12-18(13-15-7-3-1-4-8-15)14-16-9-5-2-6-10-16/h5,10,14H,3-4H2,1-2H3,(H2,17,18)(H,19,23)(H,25,26);1-10H,11-14,17H2. The molecule has 1 aromatic heterocycles. The lowest BCUT2D eigenvalue weighted by molar-refractivity contribution is -0.150. The fraction of sp³-hybridized carbons (Fsp3) is 0.312. The summed E-state index contributed by atoms with van der Waals surface area (Å²) in [7, 11) is 1.25. The number of nitrogens with zero attached hydrogens (tertiary/aromatic N) is 4. The molecule has 2 aromatic carbocycles. The second-order valence-electron chi connectivity index (χ2n) is 10.6. The maximum absolute atomic E-state index is 12.7. The molecule has 0 spiro atoms. The van der Waals surface area contributed by atoms with Gasteiger partial charge in [0.2, 0.25) is 0 Å². The number of anilines is 1. The molecular weight excluding hydrogens is 659 g/mol. The Morgan fingerprint density at radius 1 is 1.10 bits per heavy atom. The molecule has 48 heavy (non-hydrogen) atoms. The highest BCUT2D eigenvalue weighted by Crippen LogP contribution is 2.40. The normalized spacial score (nSPS) is 17.1. The molecular formula is C32H37N7O7S2. The second kappa shape index (κ2) is 17.4. The summed E-state index contributed by atoms with van der Waals surface area (Å²) in [4.78, 5) is 60.2. The third-order valence-corrected chi connectivity index (χ3v) is 9.11. The molecule has 6 N–H and O–H groups in total. The van der Waals surface area contributed by atoms with E-state index in [0.717, 1.165) is 35.9 Å². The molecule has 14 nitrogen and oxygen atoms in total. The highest BCUT2D eigenvalue weighted by molar-refractivity contribution is 8.00. The van der Waals surface area contributed by atoms with E-state index in [4.69, 9.17) is 16.2 Å². The molecule has 0 radical (unpaired) electrons. The lowest BCUT2D eigenvalue weighted by atomic mass is 10.0. The molecule has 1 fully saturated rings. The van der Waals surface area contributed by atoms with Gasteiger partial charge in [-0.1, -0.05) is 65.8 Å². The number of nitrogens with two attached hydrogens (primary N) is 2. The number of aromatic nitrogens is 1. The fourth-order valence-electron chi connectivity index (χ4n) is 4.96. The number of aliphatic carboxylic acids is 1. The van der Waals surface area contributed by atoms with Crippen LogP contribution in [0.5, 0.6) is 0 Å². The largest absolute Gasteiger partial charge is 0.477 e. The summed E-state index contributed by atoms with van der Waals surface area (Å²) in [6.07, 6.45) is 0. The number of β-lactam (4-membered cyclic amide) rings is 1. The SMILES string of the molecule is CON=C(C(=O)NC1C(=O)N2C(C(=O)O)=C(COC(C)=O)CSC12)c1csc(N)n1.NCCN(Cc1ccccc1)Cc1ccccc1. The predicted octanol–water partition coefficient (Wildman–Crippen LogP) is 2.03. The van der Waals surface area contributed by atoms with E-state index in [-0.39, 0.29) is 34.6 Å². The highest BCUT2D eigenvalue weighted by atomic mass is 32.2. The van der Waals surface area contributed by atoms with Crippen molar-refractivity contribution in [2.75, 3.05) is 38.3 Å². The Kier molecular flexibility index (Phi) is 13.1.